The highest BCUT2D eigenvalue weighted by Crippen LogP contribution is 2.33. The molecule has 2 rings (SSSR count). The standard InChI is InChI=1S/C10H6BrCl2NO/c11-7-3-1-2-6(10(7)13)8-5-14-9(4-12)15-8/h1-3,5H,4H2. The first kappa shape index (κ1) is 11.0. The number of rotatable bonds is 2. The molecule has 0 bridgehead atoms. The zero-order chi connectivity index (χ0) is 10.8. The van der Waals surface area contributed by atoms with Crippen molar-refractivity contribution in [3.63, 3.8) is 0 Å². The second-order valence-corrected chi connectivity index (χ2v) is 4.35. The molecule has 0 aliphatic carbocycles. The number of oxazole rings is 1. The van der Waals surface area contributed by atoms with Crippen LogP contribution >= 0.6 is 39.1 Å². The van der Waals surface area contributed by atoms with Gasteiger partial charge in [0.05, 0.1) is 17.1 Å². The van der Waals surface area contributed by atoms with Gasteiger partial charge in [-0.25, -0.2) is 4.98 Å². The molecule has 0 radical (unpaired) electrons. The lowest BCUT2D eigenvalue weighted by molar-refractivity contribution is 0.529. The van der Waals surface area contributed by atoms with Gasteiger partial charge in [-0.3, -0.25) is 0 Å². The molecule has 0 amide bonds. The highest BCUT2D eigenvalue weighted by Gasteiger charge is 2.10. The molecule has 0 atom stereocenters. The molecule has 0 spiro atoms. The van der Waals surface area contributed by atoms with Crippen LogP contribution in [-0.2, 0) is 5.88 Å². The van der Waals surface area contributed by atoms with Crippen LogP contribution in [0.25, 0.3) is 11.3 Å². The van der Waals surface area contributed by atoms with E-state index in [1.165, 1.54) is 0 Å². The normalized spacial score (nSPS) is 10.6. The number of nitrogens with zero attached hydrogens (tertiary/aromatic N) is 1. The maximum absolute atomic E-state index is 6.11. The molecular weight excluding hydrogens is 301 g/mol. The molecule has 2 nitrogen and oxygen atoms in total. The Bertz CT molecular complexity index is 484. The average molecular weight is 307 g/mol. The van der Waals surface area contributed by atoms with E-state index in [2.05, 4.69) is 20.9 Å². The fourth-order valence-electron chi connectivity index (χ4n) is 1.19. The molecular formula is C10H6BrCl2NO. The zero-order valence-corrected chi connectivity index (χ0v) is 10.6. The van der Waals surface area contributed by atoms with E-state index in [1.54, 1.807) is 6.20 Å². The summed E-state index contributed by atoms with van der Waals surface area (Å²) in [4.78, 5) is 4.01. The molecule has 0 aliphatic rings. The van der Waals surface area contributed by atoms with Crippen molar-refractivity contribution in [1.82, 2.24) is 4.98 Å². The fourth-order valence-corrected chi connectivity index (χ4v) is 1.90. The van der Waals surface area contributed by atoms with Gasteiger partial charge in [0.15, 0.2) is 5.76 Å². The number of alkyl halides is 1. The fraction of sp³-hybridized carbons (Fsp3) is 0.100. The largest absolute Gasteiger partial charge is 0.439 e. The minimum atomic E-state index is 0.256. The summed E-state index contributed by atoms with van der Waals surface area (Å²) in [6, 6.07) is 5.62. The van der Waals surface area contributed by atoms with Crippen LogP contribution in [-0.4, -0.2) is 4.98 Å². The molecule has 0 N–H and O–H groups in total. The summed E-state index contributed by atoms with van der Waals surface area (Å²) < 4.78 is 6.23. The molecule has 2 aromatic rings. The Hall–Kier alpha value is -0.510. The molecule has 5 heteroatoms. The number of hydrogen-bond donors (Lipinski definition) is 0. The van der Waals surface area contributed by atoms with Crippen molar-refractivity contribution in [2.24, 2.45) is 0 Å². The molecule has 78 valence electrons. The molecule has 0 saturated heterocycles. The van der Waals surface area contributed by atoms with E-state index in [0.717, 1.165) is 10.0 Å². The first-order chi connectivity index (χ1) is 7.22. The molecule has 0 aliphatic heterocycles. The highest BCUT2D eigenvalue weighted by molar-refractivity contribution is 9.10. The van der Waals surface area contributed by atoms with Crippen LogP contribution in [0, 0.1) is 0 Å². The van der Waals surface area contributed by atoms with Crippen LogP contribution < -0.4 is 0 Å². The Morgan fingerprint density at radius 3 is 2.87 bits per heavy atom. The Kier molecular flexibility index (Phi) is 3.34. The maximum atomic E-state index is 6.11. The lowest BCUT2D eigenvalue weighted by Crippen LogP contribution is -1.77. The Morgan fingerprint density at radius 2 is 2.20 bits per heavy atom. The van der Waals surface area contributed by atoms with Crippen molar-refractivity contribution in [3.05, 3.63) is 39.8 Å². The van der Waals surface area contributed by atoms with Gasteiger partial charge in [0.25, 0.3) is 0 Å². The van der Waals surface area contributed by atoms with Gasteiger partial charge in [-0.15, -0.1) is 11.6 Å². The van der Waals surface area contributed by atoms with E-state index in [0.29, 0.717) is 16.7 Å². The predicted octanol–water partition coefficient (Wildman–Crippen LogP) is 4.50. The molecule has 1 aromatic carbocycles. The van der Waals surface area contributed by atoms with Crippen molar-refractivity contribution in [2.75, 3.05) is 0 Å². The van der Waals surface area contributed by atoms with Crippen LogP contribution in [0.1, 0.15) is 5.89 Å². The summed E-state index contributed by atoms with van der Waals surface area (Å²) in [5, 5.41) is 0.606. The lowest BCUT2D eigenvalue weighted by atomic mass is 10.2. The molecule has 1 heterocycles. The molecule has 1 aromatic heterocycles. The maximum Gasteiger partial charge on any atom is 0.209 e. The molecule has 15 heavy (non-hydrogen) atoms. The van der Waals surface area contributed by atoms with Crippen LogP contribution in [0.4, 0.5) is 0 Å². The summed E-state index contributed by atoms with van der Waals surface area (Å²) in [5.74, 6) is 1.37. The number of benzene rings is 1. The number of aromatic nitrogens is 1. The third-order valence-electron chi connectivity index (χ3n) is 1.88. The minimum absolute atomic E-state index is 0.256. The number of halogens is 3. The van der Waals surface area contributed by atoms with Gasteiger partial charge in [0.2, 0.25) is 5.89 Å². The van der Waals surface area contributed by atoms with Crippen molar-refractivity contribution in [2.45, 2.75) is 5.88 Å². The van der Waals surface area contributed by atoms with Crippen LogP contribution in [0.2, 0.25) is 5.02 Å². The van der Waals surface area contributed by atoms with Gasteiger partial charge in [-0.05, 0) is 28.1 Å². The second kappa shape index (κ2) is 4.56. The Labute approximate surface area is 105 Å². The Morgan fingerprint density at radius 1 is 1.40 bits per heavy atom. The summed E-state index contributed by atoms with van der Waals surface area (Å²) in [7, 11) is 0. The predicted molar refractivity (Wildman–Crippen MR) is 64.2 cm³/mol. The first-order valence-corrected chi connectivity index (χ1v) is 5.88. The monoisotopic (exact) mass is 305 g/mol. The molecule has 0 unspecified atom stereocenters. The second-order valence-electron chi connectivity index (χ2n) is 2.85. The van der Waals surface area contributed by atoms with Gasteiger partial charge >= 0.3 is 0 Å². The minimum Gasteiger partial charge on any atom is -0.439 e. The molecule has 0 saturated carbocycles. The van der Waals surface area contributed by atoms with Gasteiger partial charge in [-0.1, -0.05) is 17.7 Å². The highest BCUT2D eigenvalue weighted by atomic mass is 79.9. The van der Waals surface area contributed by atoms with E-state index in [9.17, 15) is 0 Å². The summed E-state index contributed by atoms with van der Waals surface area (Å²) >= 11 is 15.1. The van der Waals surface area contributed by atoms with E-state index in [4.69, 9.17) is 27.6 Å². The van der Waals surface area contributed by atoms with Crippen molar-refractivity contribution in [3.8, 4) is 11.3 Å². The quantitative estimate of drug-likeness (QED) is 0.764. The number of hydrogen-bond acceptors (Lipinski definition) is 2. The lowest BCUT2D eigenvalue weighted by Gasteiger charge is -2.01. The van der Waals surface area contributed by atoms with E-state index >= 15 is 0 Å². The first-order valence-electron chi connectivity index (χ1n) is 4.17. The van der Waals surface area contributed by atoms with Crippen LogP contribution in [0.3, 0.4) is 0 Å². The smallest absolute Gasteiger partial charge is 0.209 e. The van der Waals surface area contributed by atoms with Gasteiger partial charge in [0.1, 0.15) is 0 Å². The van der Waals surface area contributed by atoms with Crippen molar-refractivity contribution >= 4 is 39.1 Å². The zero-order valence-electron chi connectivity index (χ0n) is 7.51. The van der Waals surface area contributed by atoms with Gasteiger partial charge in [-0.2, -0.15) is 0 Å². The van der Waals surface area contributed by atoms with Crippen LogP contribution in [0.5, 0.6) is 0 Å². The van der Waals surface area contributed by atoms with Gasteiger partial charge < -0.3 is 4.42 Å². The topological polar surface area (TPSA) is 26.0 Å². The van der Waals surface area contributed by atoms with Crippen LogP contribution in [0.15, 0.2) is 33.3 Å². The summed E-state index contributed by atoms with van der Waals surface area (Å²) in [6.07, 6.45) is 1.62. The van der Waals surface area contributed by atoms with Gasteiger partial charge in [0, 0.05) is 10.0 Å². The van der Waals surface area contributed by atoms with E-state index < -0.39 is 0 Å². The van der Waals surface area contributed by atoms with E-state index in [1.807, 2.05) is 18.2 Å². The third kappa shape index (κ3) is 2.19. The summed E-state index contributed by atoms with van der Waals surface area (Å²) in [5.41, 5.74) is 0.801. The molecule has 0 fully saturated rings. The average Bonchev–Trinajstić information content (AvgIpc) is 2.70. The van der Waals surface area contributed by atoms with E-state index in [-0.39, 0.29) is 5.88 Å². The van der Waals surface area contributed by atoms with Crippen molar-refractivity contribution in [1.29, 1.82) is 0 Å². The Balaban J connectivity index is 2.49. The van der Waals surface area contributed by atoms with Crippen molar-refractivity contribution < 1.29 is 4.42 Å². The summed E-state index contributed by atoms with van der Waals surface area (Å²) in [6.45, 7) is 0. The SMILES string of the molecule is ClCc1ncc(-c2cccc(Br)c2Cl)o1. The third-order valence-corrected chi connectivity index (χ3v) is 3.41.